The molecule has 1 N–H and O–H groups in total. The van der Waals surface area contributed by atoms with Crippen LogP contribution in [-0.2, 0) is 16.6 Å². The molecule has 2 saturated carbocycles. The van der Waals surface area contributed by atoms with Gasteiger partial charge in [0.15, 0.2) is 0 Å². The third kappa shape index (κ3) is 2.53. The summed E-state index contributed by atoms with van der Waals surface area (Å²) in [6, 6.07) is 9.61. The Morgan fingerprint density at radius 2 is 1.95 bits per heavy atom. The van der Waals surface area contributed by atoms with Crippen molar-refractivity contribution in [3.8, 4) is 0 Å². The van der Waals surface area contributed by atoms with E-state index in [2.05, 4.69) is 18.6 Å². The van der Waals surface area contributed by atoms with Gasteiger partial charge in [0, 0.05) is 16.8 Å². The van der Waals surface area contributed by atoms with Gasteiger partial charge < -0.3 is 0 Å². The molecule has 120 valence electrons. The summed E-state index contributed by atoms with van der Waals surface area (Å²) in [7, 11) is -3.35. The Morgan fingerprint density at radius 1 is 1.27 bits per heavy atom. The van der Waals surface area contributed by atoms with Gasteiger partial charge in [0.1, 0.15) is 0 Å². The molecule has 0 aliphatic heterocycles. The summed E-state index contributed by atoms with van der Waals surface area (Å²) in [5, 5.41) is 0. The van der Waals surface area contributed by atoms with Crippen molar-refractivity contribution >= 4 is 27.1 Å². The van der Waals surface area contributed by atoms with Gasteiger partial charge in [-0.15, -0.1) is 0 Å². The minimum atomic E-state index is -3.35. The molecule has 1 aromatic rings. The minimum Gasteiger partial charge on any atom is -0.212 e. The highest BCUT2D eigenvalue weighted by Gasteiger charge is 2.63. The van der Waals surface area contributed by atoms with Gasteiger partial charge in [-0.2, -0.15) is 0 Å². The monoisotopic (exact) mass is 337 g/mol. The first-order valence-corrected chi connectivity index (χ1v) is 9.87. The minimum absolute atomic E-state index is 0.00835. The van der Waals surface area contributed by atoms with E-state index in [0.717, 1.165) is 29.7 Å². The first-order valence-electron chi connectivity index (χ1n) is 7.81. The molecule has 0 unspecified atom stereocenters. The predicted octanol–water partition coefficient (Wildman–Crippen LogP) is 3.30. The Bertz CT molecular complexity index is 682. The Labute approximate surface area is 138 Å². The molecule has 0 radical (unpaired) electrons. The third-order valence-electron chi connectivity index (χ3n) is 5.91. The van der Waals surface area contributed by atoms with E-state index in [9.17, 15) is 8.42 Å². The third-order valence-corrected chi connectivity index (χ3v) is 7.93. The summed E-state index contributed by atoms with van der Waals surface area (Å²) in [5.41, 5.74) is 0.641. The largest absolute Gasteiger partial charge is 0.212 e. The van der Waals surface area contributed by atoms with Crippen molar-refractivity contribution in [2.75, 3.05) is 5.75 Å². The fourth-order valence-corrected chi connectivity index (χ4v) is 6.83. The Balaban J connectivity index is 1.75. The van der Waals surface area contributed by atoms with E-state index < -0.39 is 10.0 Å². The highest BCUT2D eigenvalue weighted by atomic mass is 32.2. The highest BCUT2D eigenvalue weighted by Crippen LogP contribution is 2.64. The van der Waals surface area contributed by atoms with Gasteiger partial charge in [0.25, 0.3) is 0 Å². The summed E-state index contributed by atoms with van der Waals surface area (Å²) in [4.78, 5) is 0.971. The quantitative estimate of drug-likeness (QED) is 0.839. The van der Waals surface area contributed by atoms with Crippen LogP contribution in [0.25, 0.3) is 0 Å². The van der Waals surface area contributed by atoms with Crippen molar-refractivity contribution in [2.45, 2.75) is 39.7 Å². The van der Waals surface area contributed by atoms with Crippen molar-refractivity contribution in [3.05, 3.63) is 35.9 Å². The van der Waals surface area contributed by atoms with Crippen LogP contribution in [0.1, 0.15) is 38.7 Å². The van der Waals surface area contributed by atoms with Crippen LogP contribution in [0.3, 0.4) is 0 Å². The molecular weight excluding hydrogens is 314 g/mol. The molecule has 0 spiro atoms. The summed E-state index contributed by atoms with van der Waals surface area (Å²) in [6.07, 6.45) is 2.92. The van der Waals surface area contributed by atoms with E-state index in [4.69, 9.17) is 12.2 Å². The van der Waals surface area contributed by atoms with E-state index in [0.29, 0.717) is 12.5 Å². The number of hydrogen-bond donors (Lipinski definition) is 1. The van der Waals surface area contributed by atoms with Crippen LogP contribution >= 0.6 is 12.2 Å². The average molecular weight is 338 g/mol. The molecule has 3 rings (SSSR count). The molecule has 22 heavy (non-hydrogen) atoms. The highest BCUT2D eigenvalue weighted by molar-refractivity contribution is 7.89. The second-order valence-electron chi connectivity index (χ2n) is 7.23. The Hall–Kier alpha value is -0.780. The molecule has 1 aromatic carbocycles. The molecule has 2 fully saturated rings. The molecule has 5 heteroatoms. The second-order valence-corrected chi connectivity index (χ2v) is 9.53. The lowest BCUT2D eigenvalue weighted by atomic mass is 9.71. The lowest BCUT2D eigenvalue weighted by Gasteiger charge is -2.37. The molecular formula is C17H23NO2S2. The zero-order valence-corrected chi connectivity index (χ0v) is 14.8. The molecule has 0 heterocycles. The summed E-state index contributed by atoms with van der Waals surface area (Å²) in [5.74, 6) is 0.680. The fraction of sp³-hybridized carbons (Fsp3) is 0.588. The van der Waals surface area contributed by atoms with Gasteiger partial charge in [-0.05, 0) is 36.2 Å². The van der Waals surface area contributed by atoms with Gasteiger partial charge in [-0.3, -0.25) is 0 Å². The number of thiocarbonyl (C=S) groups is 1. The van der Waals surface area contributed by atoms with Crippen molar-refractivity contribution in [3.63, 3.8) is 0 Å². The smallest absolute Gasteiger partial charge is 0.212 e. The molecule has 0 saturated heterocycles. The zero-order chi connectivity index (χ0) is 16.0. The number of rotatable bonds is 5. The first-order chi connectivity index (χ1) is 10.3. The lowest BCUT2D eigenvalue weighted by Crippen LogP contribution is -2.44. The van der Waals surface area contributed by atoms with Crippen LogP contribution < -0.4 is 4.72 Å². The SMILES string of the molecule is CC1(C)[C@H]2CC[C@]1(CS(=O)(=O)NCc1ccccc1)C(=S)C2. The van der Waals surface area contributed by atoms with Gasteiger partial charge in [0.05, 0.1) is 5.75 Å². The van der Waals surface area contributed by atoms with Crippen LogP contribution in [0.4, 0.5) is 0 Å². The summed E-state index contributed by atoms with van der Waals surface area (Å²) >= 11 is 5.58. The van der Waals surface area contributed by atoms with E-state index in [1.165, 1.54) is 0 Å². The Morgan fingerprint density at radius 3 is 2.50 bits per heavy atom. The van der Waals surface area contributed by atoms with Crippen molar-refractivity contribution in [2.24, 2.45) is 16.7 Å². The van der Waals surface area contributed by atoms with Crippen LogP contribution in [0.5, 0.6) is 0 Å². The fourth-order valence-electron chi connectivity index (χ4n) is 4.27. The second kappa shape index (κ2) is 5.39. The molecule has 2 atom stereocenters. The topological polar surface area (TPSA) is 46.2 Å². The maximum absolute atomic E-state index is 12.6. The van der Waals surface area contributed by atoms with Crippen molar-refractivity contribution in [1.82, 2.24) is 4.72 Å². The molecule has 0 amide bonds. The number of benzene rings is 1. The molecule has 2 aliphatic rings. The van der Waals surface area contributed by atoms with Crippen molar-refractivity contribution in [1.29, 1.82) is 0 Å². The Kier molecular flexibility index (Phi) is 3.94. The van der Waals surface area contributed by atoms with E-state index in [-0.39, 0.29) is 16.6 Å². The van der Waals surface area contributed by atoms with Crippen LogP contribution in [0.15, 0.2) is 30.3 Å². The summed E-state index contributed by atoms with van der Waals surface area (Å²) < 4.78 is 28.0. The number of nitrogens with one attached hydrogen (secondary N) is 1. The average Bonchev–Trinajstić information content (AvgIpc) is 2.80. The molecule has 2 bridgehead atoms. The first kappa shape index (κ1) is 16.1. The van der Waals surface area contributed by atoms with E-state index in [1.54, 1.807) is 0 Å². The standard InChI is InChI=1S/C17H23NO2S2/c1-16(2)14-8-9-17(16,15(21)10-14)12-22(19,20)18-11-13-6-4-3-5-7-13/h3-7,14,18H,8-12H2,1-2H3/t14-,17-/m0/s1. The predicted molar refractivity (Wildman–Crippen MR) is 93.2 cm³/mol. The van der Waals surface area contributed by atoms with E-state index in [1.807, 2.05) is 30.3 Å². The van der Waals surface area contributed by atoms with Gasteiger partial charge >= 0.3 is 0 Å². The number of sulfonamides is 1. The van der Waals surface area contributed by atoms with E-state index >= 15 is 0 Å². The van der Waals surface area contributed by atoms with Crippen LogP contribution in [-0.4, -0.2) is 19.0 Å². The zero-order valence-electron chi connectivity index (χ0n) is 13.1. The lowest BCUT2D eigenvalue weighted by molar-refractivity contribution is 0.196. The maximum atomic E-state index is 12.6. The maximum Gasteiger partial charge on any atom is 0.212 e. The molecule has 3 nitrogen and oxygen atoms in total. The summed E-state index contributed by atoms with van der Waals surface area (Å²) in [6.45, 7) is 4.73. The van der Waals surface area contributed by atoms with Crippen LogP contribution in [0.2, 0.25) is 0 Å². The van der Waals surface area contributed by atoms with Crippen LogP contribution in [0, 0.1) is 16.7 Å². The number of hydrogen-bond acceptors (Lipinski definition) is 3. The van der Waals surface area contributed by atoms with Crippen molar-refractivity contribution < 1.29 is 8.42 Å². The van der Waals surface area contributed by atoms with Gasteiger partial charge in [-0.25, -0.2) is 13.1 Å². The normalized spacial score (nSPS) is 29.9. The van der Waals surface area contributed by atoms with Gasteiger partial charge in [0.2, 0.25) is 10.0 Å². The number of fused-ring (bicyclic) bond motifs is 2. The van der Waals surface area contributed by atoms with Gasteiger partial charge in [-0.1, -0.05) is 56.4 Å². The molecule has 2 aliphatic carbocycles. The molecule has 0 aromatic heterocycles.